The summed E-state index contributed by atoms with van der Waals surface area (Å²) in [7, 11) is -9.85. The fourth-order valence-corrected chi connectivity index (χ4v) is 8.37. The van der Waals surface area contributed by atoms with Crippen LogP contribution >= 0.6 is 0 Å². The lowest BCUT2D eigenvalue weighted by molar-refractivity contribution is -0.823. The Morgan fingerprint density at radius 2 is 0.500 bits per heavy atom. The molecule has 0 spiro atoms. The average Bonchev–Trinajstić information content (AvgIpc) is 2.73. The Morgan fingerprint density at radius 1 is 0.364 bits per heavy atom. The molecule has 44 heavy (non-hydrogen) atoms. The first-order valence-electron chi connectivity index (χ1n) is 14.6. The van der Waals surface area contributed by atoms with Gasteiger partial charge in [0.15, 0.2) is 19.7 Å². The van der Waals surface area contributed by atoms with Crippen LogP contribution in [-0.2, 0) is 19.7 Å². The highest BCUT2D eigenvalue weighted by atomic mass is 32.2. The summed E-state index contributed by atoms with van der Waals surface area (Å²) in [6.45, 7) is 27.1. The van der Waals surface area contributed by atoms with Crippen LogP contribution in [0.1, 0.15) is 125 Å². The molecule has 0 saturated carbocycles. The fourth-order valence-electron chi connectivity index (χ4n) is 3.68. The van der Waals surface area contributed by atoms with Gasteiger partial charge in [0.1, 0.15) is 0 Å². The Balaban J connectivity index is 10.2. The highest BCUT2D eigenvalue weighted by Gasteiger charge is 2.78. The molecule has 0 aliphatic rings. The van der Waals surface area contributed by atoms with Crippen molar-refractivity contribution < 1.29 is 56.6 Å². The van der Waals surface area contributed by atoms with Crippen molar-refractivity contribution >= 4 is 44.5 Å². The Kier molecular flexibility index (Phi) is 11.3. The van der Waals surface area contributed by atoms with Crippen LogP contribution in [0, 0.1) is 0 Å². The number of hydroxylamine groups is 4. The van der Waals surface area contributed by atoms with Gasteiger partial charge in [0.2, 0.25) is 47.0 Å². The van der Waals surface area contributed by atoms with E-state index in [1.54, 1.807) is 83.1 Å². The number of hydrogen-bond donors (Lipinski definition) is 4. The second-order valence-electron chi connectivity index (χ2n) is 17.4. The molecule has 1 unspecified atom stereocenters. The Bertz CT molecular complexity index is 1240. The Hall–Kier alpha value is -2.22. The standard InChI is InChI=1S/C30H62N4O8S2/c1-23(2,3)31(35)19-29(20-32(36)24(4,5)6,43(39,40)27(13,14)15)30(21-33(37)25(7,8)9,22-34(38)26(10,11)12)44(41,42)28(16,17)18/h19-22,35-38H,1-18H3/q+4/b31-19-,32-20-,33-21-,34-22+. The Labute approximate surface area is 266 Å². The van der Waals surface area contributed by atoms with Crippen LogP contribution in [0.3, 0.4) is 0 Å². The molecule has 258 valence electrons. The van der Waals surface area contributed by atoms with E-state index in [2.05, 4.69) is 0 Å². The normalized spacial score (nSPS) is 19.4. The molecule has 0 saturated heterocycles. The van der Waals surface area contributed by atoms with E-state index < -0.39 is 60.8 Å². The molecule has 1 atom stereocenters. The van der Waals surface area contributed by atoms with Crippen LogP contribution < -0.4 is 0 Å². The van der Waals surface area contributed by atoms with Gasteiger partial charge in [-0.1, -0.05) is 0 Å². The van der Waals surface area contributed by atoms with Gasteiger partial charge in [0.05, 0.1) is 9.49 Å². The minimum atomic E-state index is -4.93. The second kappa shape index (κ2) is 11.9. The van der Waals surface area contributed by atoms with E-state index in [0.29, 0.717) is 19.0 Å². The summed E-state index contributed by atoms with van der Waals surface area (Å²) < 4.78 is 53.9. The van der Waals surface area contributed by atoms with Gasteiger partial charge in [0, 0.05) is 83.1 Å². The van der Waals surface area contributed by atoms with Crippen molar-refractivity contribution in [3.8, 4) is 0 Å². The van der Waals surface area contributed by atoms with Crippen LogP contribution in [0.4, 0.5) is 0 Å². The lowest BCUT2D eigenvalue weighted by atomic mass is 9.91. The van der Waals surface area contributed by atoms with E-state index in [0.717, 1.165) is 24.9 Å². The number of hydrogen-bond acceptors (Lipinski definition) is 8. The molecule has 0 rings (SSSR count). The van der Waals surface area contributed by atoms with Crippen molar-refractivity contribution in [2.24, 2.45) is 0 Å². The molecule has 4 N–H and O–H groups in total. The summed E-state index contributed by atoms with van der Waals surface area (Å²) in [4.78, 5) is 0. The third-order valence-electron chi connectivity index (χ3n) is 7.12. The smallest absolute Gasteiger partial charge is 0.272 e. The van der Waals surface area contributed by atoms with Crippen LogP contribution in [-0.4, -0.2) is 123 Å². The fraction of sp³-hybridized carbons (Fsp3) is 0.867. The average molecular weight is 671 g/mol. The second-order valence-corrected chi connectivity index (χ2v) is 23.2. The molecule has 0 aromatic rings. The van der Waals surface area contributed by atoms with Gasteiger partial charge >= 0.3 is 0 Å². The Morgan fingerprint density at radius 3 is 0.591 bits per heavy atom. The minimum Gasteiger partial charge on any atom is -0.291 e. The maximum Gasteiger partial charge on any atom is 0.272 e. The summed E-state index contributed by atoms with van der Waals surface area (Å²) in [5, 5.41) is 46.0. The zero-order valence-corrected chi connectivity index (χ0v) is 32.0. The molecule has 0 aromatic heterocycles. The largest absolute Gasteiger partial charge is 0.291 e. The van der Waals surface area contributed by atoms with Crippen molar-refractivity contribution in [1.82, 2.24) is 0 Å². The molecular weight excluding hydrogens is 608 g/mol. The highest BCUT2D eigenvalue weighted by Crippen LogP contribution is 2.43. The molecule has 0 fully saturated rings. The molecule has 0 radical (unpaired) electrons. The van der Waals surface area contributed by atoms with Crippen molar-refractivity contribution in [2.75, 3.05) is 0 Å². The summed E-state index contributed by atoms with van der Waals surface area (Å²) in [6.07, 6.45) is 3.36. The third-order valence-corrected chi connectivity index (χ3v) is 13.3. The van der Waals surface area contributed by atoms with E-state index in [1.165, 1.54) is 41.5 Å². The van der Waals surface area contributed by atoms with Crippen LogP contribution in [0.25, 0.3) is 0 Å². The van der Waals surface area contributed by atoms with Crippen molar-refractivity contribution in [3.05, 3.63) is 0 Å². The lowest BCUT2D eigenvalue weighted by Crippen LogP contribution is -2.75. The van der Waals surface area contributed by atoms with Gasteiger partial charge in [-0.05, 0) is 60.5 Å². The van der Waals surface area contributed by atoms with Gasteiger partial charge in [-0.3, -0.25) is 20.8 Å². The molecule has 0 bridgehead atoms. The quantitative estimate of drug-likeness (QED) is 0.137. The van der Waals surface area contributed by atoms with Crippen molar-refractivity contribution in [1.29, 1.82) is 0 Å². The molecule has 14 heteroatoms. The summed E-state index contributed by atoms with van der Waals surface area (Å²) >= 11 is 0. The maximum atomic E-state index is 15.2. The summed E-state index contributed by atoms with van der Waals surface area (Å²) in [6, 6.07) is 0. The first kappa shape index (κ1) is 41.8. The van der Waals surface area contributed by atoms with Crippen LogP contribution in [0.5, 0.6) is 0 Å². The van der Waals surface area contributed by atoms with Gasteiger partial charge in [-0.15, -0.1) is 0 Å². The predicted molar refractivity (Wildman–Crippen MR) is 174 cm³/mol. The number of nitrogens with zero attached hydrogens (tertiary/aromatic N) is 4. The van der Waals surface area contributed by atoms with E-state index in [1.807, 2.05) is 0 Å². The molecule has 0 aliphatic heterocycles. The van der Waals surface area contributed by atoms with Crippen LogP contribution in [0.2, 0.25) is 0 Å². The highest BCUT2D eigenvalue weighted by molar-refractivity contribution is 8.00. The third kappa shape index (κ3) is 7.94. The van der Waals surface area contributed by atoms with E-state index >= 15 is 16.8 Å². The SMILES string of the molecule is CC(C)(C)/[N+](O)=C/C(/C=[N+](\O)C(C)(C)C)(C(/C=[N+](\O)C(C)(C)C)(/C=[N+](/O)C(C)(C)C)S(=O)(=O)C(C)(C)C)S(=O)(=O)C(C)(C)C. The van der Waals surface area contributed by atoms with Crippen molar-refractivity contribution in [2.45, 2.75) is 166 Å². The first-order valence-corrected chi connectivity index (χ1v) is 17.6. The maximum absolute atomic E-state index is 15.2. The summed E-state index contributed by atoms with van der Waals surface area (Å²) in [5.74, 6) is 0. The van der Waals surface area contributed by atoms with Gasteiger partial charge in [0.25, 0.3) is 9.49 Å². The zero-order chi connectivity index (χ0) is 36.1. The minimum absolute atomic E-state index is 0.579. The van der Waals surface area contributed by atoms with Crippen molar-refractivity contribution in [3.63, 3.8) is 0 Å². The molecular formula is C30H62N4O8S2+4. The lowest BCUT2D eigenvalue weighted by Gasteiger charge is -2.40. The molecule has 0 amide bonds. The molecule has 0 heterocycles. The van der Waals surface area contributed by atoms with E-state index in [9.17, 15) is 20.8 Å². The van der Waals surface area contributed by atoms with E-state index in [4.69, 9.17) is 0 Å². The molecule has 0 aromatic carbocycles. The van der Waals surface area contributed by atoms with Gasteiger partial charge in [-0.25, -0.2) is 16.8 Å². The summed E-state index contributed by atoms with van der Waals surface area (Å²) in [5.41, 5.74) is -4.73. The van der Waals surface area contributed by atoms with Crippen LogP contribution in [0.15, 0.2) is 0 Å². The monoisotopic (exact) mass is 670 g/mol. The topological polar surface area (TPSA) is 161 Å². The molecule has 12 nitrogen and oxygen atoms in total. The van der Waals surface area contributed by atoms with Gasteiger partial charge in [-0.2, -0.15) is 0 Å². The number of rotatable bonds is 7. The first-order chi connectivity index (χ1) is 18.8. The molecule has 0 aliphatic carbocycles. The van der Waals surface area contributed by atoms with Gasteiger partial charge < -0.3 is 0 Å². The predicted octanol–water partition coefficient (Wildman–Crippen LogP) is 3.97. The number of sulfone groups is 2. The zero-order valence-electron chi connectivity index (χ0n) is 30.3. The van der Waals surface area contributed by atoms with E-state index in [-0.39, 0.29) is 0 Å².